The van der Waals surface area contributed by atoms with E-state index in [1.165, 1.54) is 0 Å². The van der Waals surface area contributed by atoms with E-state index in [-0.39, 0.29) is 6.10 Å². The van der Waals surface area contributed by atoms with Crippen molar-refractivity contribution in [3.63, 3.8) is 0 Å². The van der Waals surface area contributed by atoms with Gasteiger partial charge in [-0.05, 0) is 45.2 Å². The van der Waals surface area contributed by atoms with Gasteiger partial charge in [-0.1, -0.05) is 13.8 Å². The third kappa shape index (κ3) is 5.92. The van der Waals surface area contributed by atoms with Gasteiger partial charge in [0.05, 0.1) is 11.7 Å². The molecule has 0 amide bonds. The van der Waals surface area contributed by atoms with Crippen molar-refractivity contribution in [2.24, 2.45) is 5.92 Å². The smallest absolute Gasteiger partial charge is 0.168 e. The minimum atomic E-state index is -0.749. The maximum atomic E-state index is 10.3. The second-order valence-corrected chi connectivity index (χ2v) is 5.97. The van der Waals surface area contributed by atoms with Crippen molar-refractivity contribution in [3.05, 3.63) is 18.3 Å². The molecule has 1 aromatic heterocycles. The first-order valence-corrected chi connectivity index (χ1v) is 6.88. The van der Waals surface area contributed by atoms with Gasteiger partial charge < -0.3 is 15.2 Å². The molecule has 0 aliphatic carbocycles. The Kier molecular flexibility index (Phi) is 5.60. The van der Waals surface area contributed by atoms with Crippen LogP contribution in [0.4, 0.5) is 5.82 Å². The van der Waals surface area contributed by atoms with Crippen molar-refractivity contribution >= 4 is 5.82 Å². The van der Waals surface area contributed by atoms with Crippen LogP contribution in [0.5, 0.6) is 5.75 Å². The Balaban J connectivity index is 2.67. The molecule has 1 heterocycles. The summed E-state index contributed by atoms with van der Waals surface area (Å²) in [6, 6.07) is 3.72. The highest BCUT2D eigenvalue weighted by molar-refractivity contribution is 5.49. The monoisotopic (exact) mass is 266 g/mol. The fourth-order valence-electron chi connectivity index (χ4n) is 2.10. The molecule has 0 aromatic carbocycles. The molecule has 108 valence electrons. The van der Waals surface area contributed by atoms with E-state index in [4.69, 9.17) is 4.74 Å². The number of rotatable bonds is 7. The van der Waals surface area contributed by atoms with Gasteiger partial charge in [0.15, 0.2) is 11.6 Å². The largest absolute Gasteiger partial charge is 0.487 e. The van der Waals surface area contributed by atoms with Crippen LogP contribution in [-0.4, -0.2) is 28.3 Å². The van der Waals surface area contributed by atoms with Crippen molar-refractivity contribution in [2.45, 2.75) is 52.7 Å². The Bertz CT molecular complexity index is 389. The fourth-order valence-corrected chi connectivity index (χ4v) is 2.10. The van der Waals surface area contributed by atoms with Crippen molar-refractivity contribution in [2.75, 3.05) is 11.9 Å². The summed E-state index contributed by atoms with van der Waals surface area (Å²) in [7, 11) is 0. The highest BCUT2D eigenvalue weighted by atomic mass is 16.5. The Morgan fingerprint density at radius 3 is 2.63 bits per heavy atom. The lowest BCUT2D eigenvalue weighted by Crippen LogP contribution is -2.35. The van der Waals surface area contributed by atoms with E-state index < -0.39 is 5.60 Å². The van der Waals surface area contributed by atoms with Gasteiger partial charge in [0.2, 0.25) is 0 Å². The van der Waals surface area contributed by atoms with Crippen LogP contribution in [0.2, 0.25) is 0 Å². The molecule has 0 fully saturated rings. The molecule has 4 heteroatoms. The van der Waals surface area contributed by atoms with Crippen LogP contribution >= 0.6 is 0 Å². The lowest BCUT2D eigenvalue weighted by Gasteiger charge is -2.26. The minimum absolute atomic E-state index is 0.0981. The molecular weight excluding hydrogens is 240 g/mol. The molecular formula is C15H26N2O2. The molecule has 0 spiro atoms. The average molecular weight is 266 g/mol. The Hall–Kier alpha value is -1.29. The van der Waals surface area contributed by atoms with E-state index in [1.54, 1.807) is 6.20 Å². The van der Waals surface area contributed by atoms with Gasteiger partial charge in [-0.2, -0.15) is 0 Å². The molecule has 0 bridgehead atoms. The third-order valence-corrected chi connectivity index (χ3v) is 2.62. The standard InChI is InChI=1S/C15H26N2O2/c1-11(2)9-15(5,18)10-17-14-13(19-12(3)4)7-6-8-16-14/h6-8,11-12,18H,9-10H2,1-5H3,(H,16,17). The van der Waals surface area contributed by atoms with E-state index in [0.29, 0.717) is 18.3 Å². The zero-order valence-electron chi connectivity index (χ0n) is 12.6. The zero-order valence-corrected chi connectivity index (χ0v) is 12.6. The number of pyridine rings is 1. The quantitative estimate of drug-likeness (QED) is 0.796. The molecule has 19 heavy (non-hydrogen) atoms. The van der Waals surface area contributed by atoms with Crippen molar-refractivity contribution in [1.82, 2.24) is 4.98 Å². The summed E-state index contributed by atoms with van der Waals surface area (Å²) in [4.78, 5) is 4.27. The molecule has 0 radical (unpaired) electrons. The molecule has 1 aromatic rings. The van der Waals surface area contributed by atoms with Crippen LogP contribution in [0.3, 0.4) is 0 Å². The van der Waals surface area contributed by atoms with Gasteiger partial charge >= 0.3 is 0 Å². The van der Waals surface area contributed by atoms with Gasteiger partial charge in [-0.15, -0.1) is 0 Å². The summed E-state index contributed by atoms with van der Waals surface area (Å²) in [6.07, 6.45) is 2.56. The first-order valence-electron chi connectivity index (χ1n) is 6.88. The van der Waals surface area contributed by atoms with Crippen molar-refractivity contribution in [3.8, 4) is 5.75 Å². The second kappa shape index (κ2) is 6.75. The van der Waals surface area contributed by atoms with Crippen LogP contribution in [0.15, 0.2) is 18.3 Å². The van der Waals surface area contributed by atoms with Crippen LogP contribution in [-0.2, 0) is 0 Å². The molecule has 0 saturated carbocycles. The molecule has 0 saturated heterocycles. The molecule has 4 nitrogen and oxygen atoms in total. The number of aliphatic hydroxyl groups is 1. The van der Waals surface area contributed by atoms with Gasteiger partial charge in [-0.25, -0.2) is 4.98 Å². The van der Waals surface area contributed by atoms with E-state index in [0.717, 1.165) is 12.2 Å². The predicted octanol–water partition coefficient (Wildman–Crippen LogP) is 3.08. The first-order chi connectivity index (χ1) is 8.80. The summed E-state index contributed by atoms with van der Waals surface area (Å²) in [5, 5.41) is 13.5. The summed E-state index contributed by atoms with van der Waals surface area (Å²) in [5.74, 6) is 1.85. The molecule has 1 atom stereocenters. The summed E-state index contributed by atoms with van der Waals surface area (Å²) >= 11 is 0. The number of ether oxygens (including phenoxy) is 1. The fraction of sp³-hybridized carbons (Fsp3) is 0.667. The Morgan fingerprint density at radius 1 is 1.37 bits per heavy atom. The van der Waals surface area contributed by atoms with Gasteiger partial charge in [0.25, 0.3) is 0 Å². The maximum absolute atomic E-state index is 10.3. The number of nitrogens with one attached hydrogen (secondary N) is 1. The summed E-state index contributed by atoms with van der Waals surface area (Å²) in [5.41, 5.74) is -0.749. The number of hydrogen-bond acceptors (Lipinski definition) is 4. The summed E-state index contributed by atoms with van der Waals surface area (Å²) < 4.78 is 5.69. The minimum Gasteiger partial charge on any atom is -0.487 e. The topological polar surface area (TPSA) is 54.4 Å². The van der Waals surface area contributed by atoms with E-state index in [2.05, 4.69) is 24.1 Å². The van der Waals surface area contributed by atoms with Crippen molar-refractivity contribution in [1.29, 1.82) is 0 Å². The van der Waals surface area contributed by atoms with Crippen LogP contribution in [0.25, 0.3) is 0 Å². The van der Waals surface area contributed by atoms with Crippen LogP contribution in [0, 0.1) is 5.92 Å². The van der Waals surface area contributed by atoms with Crippen LogP contribution in [0.1, 0.15) is 41.0 Å². The SMILES string of the molecule is CC(C)CC(C)(O)CNc1ncccc1OC(C)C. The predicted molar refractivity (Wildman–Crippen MR) is 78.6 cm³/mol. The average Bonchev–Trinajstić information content (AvgIpc) is 2.25. The van der Waals surface area contributed by atoms with Crippen LogP contribution < -0.4 is 10.1 Å². The summed E-state index contributed by atoms with van der Waals surface area (Å²) in [6.45, 7) is 10.4. The highest BCUT2D eigenvalue weighted by Gasteiger charge is 2.22. The number of nitrogens with zero attached hydrogens (tertiary/aromatic N) is 1. The van der Waals surface area contributed by atoms with Gasteiger partial charge in [0, 0.05) is 12.7 Å². The molecule has 2 N–H and O–H groups in total. The maximum Gasteiger partial charge on any atom is 0.168 e. The number of hydrogen-bond donors (Lipinski definition) is 2. The van der Waals surface area contributed by atoms with E-state index in [1.807, 2.05) is 32.9 Å². The van der Waals surface area contributed by atoms with E-state index >= 15 is 0 Å². The first kappa shape index (κ1) is 15.8. The van der Waals surface area contributed by atoms with E-state index in [9.17, 15) is 5.11 Å². The Morgan fingerprint density at radius 2 is 2.05 bits per heavy atom. The molecule has 0 aliphatic heterocycles. The highest BCUT2D eigenvalue weighted by Crippen LogP contribution is 2.24. The van der Waals surface area contributed by atoms with Gasteiger partial charge in [0.1, 0.15) is 0 Å². The lowest BCUT2D eigenvalue weighted by molar-refractivity contribution is 0.0514. The normalized spacial score (nSPS) is 14.5. The van der Waals surface area contributed by atoms with Crippen molar-refractivity contribution < 1.29 is 9.84 Å². The number of aromatic nitrogens is 1. The number of anilines is 1. The second-order valence-electron chi connectivity index (χ2n) is 5.97. The molecule has 1 unspecified atom stereocenters. The zero-order chi connectivity index (χ0) is 14.5. The Labute approximate surface area is 116 Å². The molecule has 0 aliphatic rings. The third-order valence-electron chi connectivity index (χ3n) is 2.62. The molecule has 1 rings (SSSR count). The lowest BCUT2D eigenvalue weighted by atomic mass is 9.94. The van der Waals surface area contributed by atoms with Gasteiger partial charge in [-0.3, -0.25) is 0 Å².